The van der Waals surface area contributed by atoms with Crippen molar-refractivity contribution in [3.63, 3.8) is 0 Å². The molecule has 1 heterocycles. The SMILES string of the molecule is CN(C)/N=N\c1nc2ccccc2s1. The van der Waals surface area contributed by atoms with Gasteiger partial charge in [-0.2, -0.15) is 0 Å². The van der Waals surface area contributed by atoms with E-state index < -0.39 is 0 Å². The molecule has 0 atom stereocenters. The Kier molecular flexibility index (Phi) is 2.41. The molecule has 2 rings (SSSR count). The van der Waals surface area contributed by atoms with Gasteiger partial charge in [0.05, 0.1) is 10.2 Å². The van der Waals surface area contributed by atoms with Crippen molar-refractivity contribution >= 4 is 26.7 Å². The minimum absolute atomic E-state index is 0.694. The van der Waals surface area contributed by atoms with Crippen molar-refractivity contribution in [3.8, 4) is 0 Å². The topological polar surface area (TPSA) is 40.9 Å². The van der Waals surface area contributed by atoms with E-state index in [9.17, 15) is 0 Å². The summed E-state index contributed by atoms with van der Waals surface area (Å²) in [5.74, 6) is 0. The Bertz CT molecular complexity index is 428. The molecule has 0 aliphatic carbocycles. The third-order valence-electron chi connectivity index (χ3n) is 1.59. The molecule has 0 saturated carbocycles. The van der Waals surface area contributed by atoms with Crippen molar-refractivity contribution in [2.24, 2.45) is 10.3 Å². The maximum Gasteiger partial charge on any atom is 0.232 e. The summed E-state index contributed by atoms with van der Waals surface area (Å²) in [4.78, 5) is 4.32. The monoisotopic (exact) mass is 206 g/mol. The van der Waals surface area contributed by atoms with Crippen LogP contribution in [0.5, 0.6) is 0 Å². The van der Waals surface area contributed by atoms with Gasteiger partial charge >= 0.3 is 0 Å². The standard InChI is InChI=1S/C9H10N4S/c1-13(2)12-11-9-10-7-5-3-4-6-8(7)14-9/h3-6H,1-2H3/b12-11-. The molecule has 0 aliphatic rings. The molecule has 0 N–H and O–H groups in total. The van der Waals surface area contributed by atoms with Gasteiger partial charge in [-0.25, -0.2) is 4.98 Å². The van der Waals surface area contributed by atoms with E-state index in [0.29, 0.717) is 5.13 Å². The maximum atomic E-state index is 4.32. The van der Waals surface area contributed by atoms with Crippen LogP contribution in [-0.2, 0) is 0 Å². The van der Waals surface area contributed by atoms with Gasteiger partial charge < -0.3 is 0 Å². The average molecular weight is 206 g/mol. The number of benzene rings is 1. The predicted octanol–water partition coefficient (Wildman–Crippen LogP) is 2.86. The summed E-state index contributed by atoms with van der Waals surface area (Å²) in [5, 5.41) is 10.2. The molecule has 0 fully saturated rings. The van der Waals surface area contributed by atoms with Crippen molar-refractivity contribution < 1.29 is 0 Å². The number of para-hydroxylation sites is 1. The van der Waals surface area contributed by atoms with Crippen molar-refractivity contribution in [2.75, 3.05) is 14.1 Å². The van der Waals surface area contributed by atoms with Crippen molar-refractivity contribution in [1.82, 2.24) is 9.99 Å². The number of thiazole rings is 1. The lowest BCUT2D eigenvalue weighted by molar-refractivity contribution is 0.408. The fraction of sp³-hybridized carbons (Fsp3) is 0.222. The van der Waals surface area contributed by atoms with Crippen LogP contribution in [0.3, 0.4) is 0 Å². The Morgan fingerprint density at radius 2 is 2.07 bits per heavy atom. The molecule has 2 aromatic rings. The molecule has 5 heteroatoms. The van der Waals surface area contributed by atoms with Gasteiger partial charge in [-0.15, -0.1) is 5.11 Å². The zero-order valence-corrected chi connectivity index (χ0v) is 8.82. The van der Waals surface area contributed by atoms with Gasteiger partial charge in [0.25, 0.3) is 0 Å². The Labute approximate surface area is 85.9 Å². The van der Waals surface area contributed by atoms with E-state index in [2.05, 4.69) is 15.3 Å². The molecule has 4 nitrogen and oxygen atoms in total. The summed E-state index contributed by atoms with van der Waals surface area (Å²) < 4.78 is 1.14. The van der Waals surface area contributed by atoms with Crippen LogP contribution in [0.2, 0.25) is 0 Å². The third kappa shape index (κ3) is 1.88. The smallest absolute Gasteiger partial charge is 0.232 e. The summed E-state index contributed by atoms with van der Waals surface area (Å²) >= 11 is 1.54. The number of rotatable bonds is 2. The first-order chi connectivity index (χ1) is 6.75. The summed E-state index contributed by atoms with van der Waals surface area (Å²) in [5.41, 5.74) is 0.977. The van der Waals surface area contributed by atoms with Gasteiger partial charge in [0.2, 0.25) is 5.13 Å². The van der Waals surface area contributed by atoms with E-state index in [1.54, 1.807) is 16.3 Å². The van der Waals surface area contributed by atoms with Gasteiger partial charge in [0.15, 0.2) is 0 Å². The minimum atomic E-state index is 0.694. The van der Waals surface area contributed by atoms with Crippen LogP contribution in [0, 0.1) is 0 Å². The van der Waals surface area contributed by atoms with Crippen molar-refractivity contribution in [3.05, 3.63) is 24.3 Å². The van der Waals surface area contributed by atoms with Crippen molar-refractivity contribution in [1.29, 1.82) is 0 Å². The lowest BCUT2D eigenvalue weighted by Gasteiger charge is -1.97. The van der Waals surface area contributed by atoms with Crippen molar-refractivity contribution in [2.45, 2.75) is 0 Å². The first-order valence-corrected chi connectivity index (χ1v) is 5.02. The van der Waals surface area contributed by atoms with E-state index in [1.807, 2.05) is 38.4 Å². The maximum absolute atomic E-state index is 4.32. The molecule has 0 saturated heterocycles. The molecule has 0 spiro atoms. The second-order valence-electron chi connectivity index (χ2n) is 3.00. The third-order valence-corrected chi connectivity index (χ3v) is 2.51. The molecule has 0 aliphatic heterocycles. The van der Waals surface area contributed by atoms with E-state index in [-0.39, 0.29) is 0 Å². The average Bonchev–Trinajstić information content (AvgIpc) is 2.57. The van der Waals surface area contributed by atoms with Gasteiger partial charge in [-0.1, -0.05) is 28.7 Å². The Balaban J connectivity index is 2.36. The fourth-order valence-corrected chi connectivity index (χ4v) is 1.81. The molecule has 0 unspecified atom stereocenters. The number of fused-ring (bicyclic) bond motifs is 1. The summed E-state index contributed by atoms with van der Waals surface area (Å²) in [6.45, 7) is 0. The fourth-order valence-electron chi connectivity index (χ4n) is 1.03. The van der Waals surface area contributed by atoms with Crippen LogP contribution in [-0.4, -0.2) is 24.1 Å². The van der Waals surface area contributed by atoms with Gasteiger partial charge in [0, 0.05) is 14.1 Å². The van der Waals surface area contributed by atoms with E-state index in [1.165, 1.54) is 0 Å². The van der Waals surface area contributed by atoms with Crippen LogP contribution >= 0.6 is 11.3 Å². The molecule has 0 radical (unpaired) electrons. The first kappa shape index (κ1) is 9.08. The molecule has 14 heavy (non-hydrogen) atoms. The Hall–Kier alpha value is -1.49. The summed E-state index contributed by atoms with van der Waals surface area (Å²) in [6.07, 6.45) is 0. The van der Waals surface area contributed by atoms with Crippen LogP contribution < -0.4 is 0 Å². The Morgan fingerprint density at radius 3 is 2.79 bits per heavy atom. The molecule has 72 valence electrons. The lowest BCUT2D eigenvalue weighted by atomic mass is 10.3. The number of aromatic nitrogens is 1. The predicted molar refractivity (Wildman–Crippen MR) is 57.8 cm³/mol. The summed E-state index contributed by atoms with van der Waals surface area (Å²) in [6, 6.07) is 7.96. The Morgan fingerprint density at radius 1 is 1.29 bits per heavy atom. The number of nitrogens with zero attached hydrogens (tertiary/aromatic N) is 4. The first-order valence-electron chi connectivity index (χ1n) is 4.20. The van der Waals surface area contributed by atoms with Crippen LogP contribution in [0.4, 0.5) is 5.13 Å². The zero-order valence-electron chi connectivity index (χ0n) is 8.01. The highest BCUT2D eigenvalue weighted by molar-refractivity contribution is 7.21. The van der Waals surface area contributed by atoms with Gasteiger partial charge in [-0.05, 0) is 12.1 Å². The second kappa shape index (κ2) is 3.71. The van der Waals surface area contributed by atoms with Gasteiger partial charge in [0.1, 0.15) is 0 Å². The highest BCUT2D eigenvalue weighted by Crippen LogP contribution is 2.27. The zero-order chi connectivity index (χ0) is 9.97. The van der Waals surface area contributed by atoms with E-state index in [4.69, 9.17) is 0 Å². The number of hydrogen-bond donors (Lipinski definition) is 0. The highest BCUT2D eigenvalue weighted by atomic mass is 32.1. The molecule has 1 aromatic carbocycles. The highest BCUT2D eigenvalue weighted by Gasteiger charge is 2.00. The van der Waals surface area contributed by atoms with Crippen LogP contribution in [0.1, 0.15) is 0 Å². The number of hydrogen-bond acceptors (Lipinski definition) is 4. The van der Waals surface area contributed by atoms with E-state index >= 15 is 0 Å². The largest absolute Gasteiger partial charge is 0.284 e. The normalized spacial score (nSPS) is 11.3. The lowest BCUT2D eigenvalue weighted by Crippen LogP contribution is -1.98. The molecular formula is C9H10N4S. The second-order valence-corrected chi connectivity index (χ2v) is 4.01. The van der Waals surface area contributed by atoms with Gasteiger partial charge in [-0.3, -0.25) is 5.01 Å². The molecule has 0 amide bonds. The van der Waals surface area contributed by atoms with Crippen LogP contribution in [0.25, 0.3) is 10.2 Å². The molecular weight excluding hydrogens is 196 g/mol. The van der Waals surface area contributed by atoms with E-state index in [0.717, 1.165) is 10.2 Å². The quantitative estimate of drug-likeness (QED) is 0.560. The molecule has 1 aromatic heterocycles. The summed E-state index contributed by atoms with van der Waals surface area (Å²) in [7, 11) is 3.66. The minimum Gasteiger partial charge on any atom is -0.284 e. The van der Waals surface area contributed by atoms with Crippen LogP contribution in [0.15, 0.2) is 34.6 Å². The molecule has 0 bridgehead atoms.